The number of hydrogen-bond donors (Lipinski definition) is 3. The lowest BCUT2D eigenvalue weighted by Crippen LogP contribution is -2.40. The molecule has 0 aliphatic carbocycles. The highest BCUT2D eigenvalue weighted by molar-refractivity contribution is 5.83. The van der Waals surface area contributed by atoms with Gasteiger partial charge >= 0.3 is 11.9 Å². The standard InChI is InChI=1S/C42H78N2O5/c1-3-5-7-9-10-11-12-13-14-15-16-17-18-19-20-21-22-24-30-36-41(46)49-38(32-27-23-8-6-4-2)33-28-25-26-29-35-40(45)44-39(42(47)48)34-31-37-43/h13-14,27,32,38-39H,3-12,15-26,28-31,33-37,43H2,1-2H3,(H,44,45)(H,47,48)/b14-13-,32-27-. The van der Waals surface area contributed by atoms with E-state index in [4.69, 9.17) is 10.5 Å². The Kier molecular flexibility index (Phi) is 35.5. The molecule has 0 aliphatic heterocycles. The van der Waals surface area contributed by atoms with Gasteiger partial charge in [-0.3, -0.25) is 9.59 Å². The van der Waals surface area contributed by atoms with Crippen molar-refractivity contribution in [3.05, 3.63) is 24.3 Å². The minimum absolute atomic E-state index is 0.0940. The van der Waals surface area contributed by atoms with Crippen molar-refractivity contribution in [2.45, 2.75) is 219 Å². The second-order valence-corrected chi connectivity index (χ2v) is 14.0. The predicted molar refractivity (Wildman–Crippen MR) is 207 cm³/mol. The van der Waals surface area contributed by atoms with Crippen molar-refractivity contribution in [2.24, 2.45) is 5.73 Å². The molecule has 286 valence electrons. The molecule has 7 nitrogen and oxygen atoms in total. The molecule has 0 aliphatic rings. The van der Waals surface area contributed by atoms with Crippen LogP contribution in [-0.2, 0) is 19.1 Å². The number of nitrogens with two attached hydrogens (primary N) is 1. The summed E-state index contributed by atoms with van der Waals surface area (Å²) in [5.74, 6) is -1.33. The third kappa shape index (κ3) is 34.1. The van der Waals surface area contributed by atoms with Gasteiger partial charge < -0.3 is 20.9 Å². The minimum atomic E-state index is -1.01. The quantitative estimate of drug-likeness (QED) is 0.0339. The maximum absolute atomic E-state index is 12.6. The van der Waals surface area contributed by atoms with Crippen molar-refractivity contribution < 1.29 is 24.2 Å². The fourth-order valence-electron chi connectivity index (χ4n) is 6.06. The van der Waals surface area contributed by atoms with Crippen LogP contribution in [0.2, 0.25) is 0 Å². The molecule has 4 N–H and O–H groups in total. The van der Waals surface area contributed by atoms with Crippen LogP contribution in [0.15, 0.2) is 24.3 Å². The molecule has 0 saturated heterocycles. The lowest BCUT2D eigenvalue weighted by molar-refractivity contribution is -0.147. The van der Waals surface area contributed by atoms with Crippen molar-refractivity contribution in [1.29, 1.82) is 0 Å². The molecule has 0 bridgehead atoms. The maximum atomic E-state index is 12.6. The Morgan fingerprint density at radius 2 is 1.06 bits per heavy atom. The Balaban J connectivity index is 4.04. The normalized spacial score (nSPS) is 12.9. The van der Waals surface area contributed by atoms with Gasteiger partial charge in [-0.25, -0.2) is 4.79 Å². The summed E-state index contributed by atoms with van der Waals surface area (Å²) in [5.41, 5.74) is 5.47. The number of ether oxygens (including phenoxy) is 1. The first kappa shape index (κ1) is 46.9. The van der Waals surface area contributed by atoms with Crippen LogP contribution in [0.3, 0.4) is 0 Å². The number of carboxylic acids is 1. The van der Waals surface area contributed by atoms with Crippen LogP contribution in [-0.4, -0.2) is 41.6 Å². The van der Waals surface area contributed by atoms with E-state index in [2.05, 4.69) is 43.5 Å². The van der Waals surface area contributed by atoms with Gasteiger partial charge in [-0.15, -0.1) is 0 Å². The summed E-state index contributed by atoms with van der Waals surface area (Å²) >= 11 is 0. The van der Waals surface area contributed by atoms with Crippen LogP contribution in [0, 0.1) is 0 Å². The Hall–Kier alpha value is -2.15. The largest absolute Gasteiger partial charge is 0.480 e. The molecule has 0 radical (unpaired) electrons. The Labute approximate surface area is 302 Å². The predicted octanol–water partition coefficient (Wildman–Crippen LogP) is 11.3. The van der Waals surface area contributed by atoms with Crippen LogP contribution in [0.4, 0.5) is 0 Å². The average molecular weight is 691 g/mol. The third-order valence-electron chi connectivity index (χ3n) is 9.22. The molecule has 2 unspecified atom stereocenters. The zero-order valence-corrected chi connectivity index (χ0v) is 32.0. The number of rotatable bonds is 37. The van der Waals surface area contributed by atoms with Gasteiger partial charge in [0.1, 0.15) is 12.1 Å². The molecule has 0 heterocycles. The number of esters is 1. The van der Waals surface area contributed by atoms with E-state index >= 15 is 0 Å². The first-order valence-corrected chi connectivity index (χ1v) is 20.7. The lowest BCUT2D eigenvalue weighted by Gasteiger charge is -2.15. The van der Waals surface area contributed by atoms with Crippen molar-refractivity contribution in [1.82, 2.24) is 5.32 Å². The molecule has 0 aromatic rings. The van der Waals surface area contributed by atoms with Gasteiger partial charge in [0.05, 0.1) is 0 Å². The van der Waals surface area contributed by atoms with E-state index < -0.39 is 12.0 Å². The van der Waals surface area contributed by atoms with Gasteiger partial charge in [-0.2, -0.15) is 0 Å². The first-order chi connectivity index (χ1) is 23.9. The van der Waals surface area contributed by atoms with E-state index in [1.807, 2.05) is 0 Å². The summed E-state index contributed by atoms with van der Waals surface area (Å²) < 4.78 is 5.88. The highest BCUT2D eigenvalue weighted by atomic mass is 16.5. The lowest BCUT2D eigenvalue weighted by atomic mass is 10.0. The smallest absolute Gasteiger partial charge is 0.326 e. The zero-order valence-electron chi connectivity index (χ0n) is 32.0. The monoisotopic (exact) mass is 691 g/mol. The Morgan fingerprint density at radius 1 is 0.592 bits per heavy atom. The average Bonchev–Trinajstić information content (AvgIpc) is 3.08. The van der Waals surface area contributed by atoms with Crippen LogP contribution in [0.1, 0.15) is 206 Å². The number of carboxylic acid groups (broad SMARTS) is 1. The van der Waals surface area contributed by atoms with Crippen LogP contribution < -0.4 is 11.1 Å². The van der Waals surface area contributed by atoms with Crippen molar-refractivity contribution in [2.75, 3.05) is 6.54 Å². The number of hydrogen-bond acceptors (Lipinski definition) is 5. The van der Waals surface area contributed by atoms with Crippen molar-refractivity contribution in [3.63, 3.8) is 0 Å². The third-order valence-corrected chi connectivity index (χ3v) is 9.22. The number of nitrogens with one attached hydrogen (secondary N) is 1. The fourth-order valence-corrected chi connectivity index (χ4v) is 6.06. The zero-order chi connectivity index (χ0) is 36.0. The molecule has 0 aromatic carbocycles. The molecule has 1 amide bonds. The van der Waals surface area contributed by atoms with Crippen molar-refractivity contribution >= 4 is 17.8 Å². The molecule has 0 saturated carbocycles. The van der Waals surface area contributed by atoms with Crippen LogP contribution in [0.5, 0.6) is 0 Å². The molecule has 0 rings (SSSR count). The number of carbonyl (C=O) groups excluding carboxylic acids is 2. The minimum Gasteiger partial charge on any atom is -0.480 e. The highest BCUT2D eigenvalue weighted by Gasteiger charge is 2.19. The molecule has 0 fully saturated rings. The first-order valence-electron chi connectivity index (χ1n) is 20.7. The van der Waals surface area contributed by atoms with Crippen molar-refractivity contribution in [3.8, 4) is 0 Å². The summed E-state index contributed by atoms with van der Waals surface area (Å²) in [7, 11) is 0. The van der Waals surface area contributed by atoms with Gasteiger partial charge in [0, 0.05) is 12.8 Å². The summed E-state index contributed by atoms with van der Waals surface area (Å²) in [6.07, 6.45) is 41.1. The van der Waals surface area contributed by atoms with Gasteiger partial charge in [0.25, 0.3) is 0 Å². The van der Waals surface area contributed by atoms with Gasteiger partial charge in [-0.05, 0) is 89.7 Å². The highest BCUT2D eigenvalue weighted by Crippen LogP contribution is 2.16. The number of unbranched alkanes of at least 4 members (excludes halogenated alkanes) is 21. The number of carbonyl (C=O) groups is 3. The molecule has 49 heavy (non-hydrogen) atoms. The van der Waals surface area contributed by atoms with Crippen LogP contribution >= 0.6 is 0 Å². The van der Waals surface area contributed by atoms with E-state index in [9.17, 15) is 19.5 Å². The molecule has 2 atom stereocenters. The molecular weight excluding hydrogens is 612 g/mol. The topological polar surface area (TPSA) is 119 Å². The number of aliphatic carboxylic acids is 1. The van der Waals surface area contributed by atoms with Crippen LogP contribution in [0.25, 0.3) is 0 Å². The second kappa shape index (κ2) is 37.1. The summed E-state index contributed by atoms with van der Waals surface area (Å²) in [6.45, 7) is 4.87. The van der Waals surface area contributed by atoms with E-state index in [1.165, 1.54) is 109 Å². The van der Waals surface area contributed by atoms with E-state index in [0.29, 0.717) is 38.6 Å². The molecular formula is C42H78N2O5. The molecule has 7 heteroatoms. The SMILES string of the molecule is CCCCC/C=C\C(CCCCCCC(=O)NC(CCCN)C(=O)O)OC(=O)CCCCCCCCCCC/C=C\CCCCCCCC. The summed E-state index contributed by atoms with van der Waals surface area (Å²) in [4.78, 5) is 36.1. The maximum Gasteiger partial charge on any atom is 0.326 e. The molecule has 0 spiro atoms. The fraction of sp³-hybridized carbons (Fsp3) is 0.833. The van der Waals surface area contributed by atoms with E-state index in [0.717, 1.165) is 51.4 Å². The summed E-state index contributed by atoms with van der Waals surface area (Å²) in [6, 6.07) is -0.868. The van der Waals surface area contributed by atoms with E-state index in [1.54, 1.807) is 0 Å². The van der Waals surface area contributed by atoms with E-state index in [-0.39, 0.29) is 18.0 Å². The van der Waals surface area contributed by atoms with Gasteiger partial charge in [-0.1, -0.05) is 135 Å². The van der Waals surface area contributed by atoms with Gasteiger partial charge in [0.2, 0.25) is 5.91 Å². The Bertz CT molecular complexity index is 828. The number of amides is 1. The molecule has 0 aromatic heterocycles. The summed E-state index contributed by atoms with van der Waals surface area (Å²) in [5, 5.41) is 11.9. The second-order valence-electron chi connectivity index (χ2n) is 14.0. The van der Waals surface area contributed by atoms with Gasteiger partial charge in [0.15, 0.2) is 0 Å². The Morgan fingerprint density at radius 3 is 1.63 bits per heavy atom. The number of allylic oxidation sites excluding steroid dienone is 3.